The van der Waals surface area contributed by atoms with E-state index < -0.39 is 0 Å². The normalized spacial score (nSPS) is 26.3. The van der Waals surface area contributed by atoms with Crippen LogP contribution in [0.15, 0.2) is 18.2 Å². The summed E-state index contributed by atoms with van der Waals surface area (Å²) >= 11 is 0. The molecular formula is C20H29N3O3. The fourth-order valence-electron chi connectivity index (χ4n) is 4.74. The van der Waals surface area contributed by atoms with Crippen LogP contribution in [0, 0.1) is 18.3 Å². The molecule has 6 nitrogen and oxygen atoms in total. The van der Waals surface area contributed by atoms with E-state index in [2.05, 4.69) is 22.0 Å². The Balaban J connectivity index is 1.51. The lowest BCUT2D eigenvalue weighted by Gasteiger charge is -2.40. The molecule has 1 aromatic rings. The number of hydrogen-bond acceptors (Lipinski definition) is 5. The molecule has 0 radical (unpaired) electrons. The lowest BCUT2D eigenvalue weighted by molar-refractivity contribution is -0.144. The fraction of sp³-hybridized carbons (Fsp3) is 0.700. The highest BCUT2D eigenvalue weighted by molar-refractivity contribution is 5.80. The van der Waals surface area contributed by atoms with Crippen LogP contribution in [-0.4, -0.2) is 73.3 Å². The van der Waals surface area contributed by atoms with Crippen molar-refractivity contribution in [2.24, 2.45) is 11.3 Å². The third-order valence-electron chi connectivity index (χ3n) is 6.16. The van der Waals surface area contributed by atoms with Crippen LogP contribution in [0.4, 0.5) is 0 Å². The van der Waals surface area contributed by atoms with Gasteiger partial charge in [-0.05, 0) is 31.9 Å². The molecule has 0 aromatic carbocycles. The van der Waals surface area contributed by atoms with E-state index in [1.54, 1.807) is 0 Å². The Hall–Kier alpha value is -1.50. The second-order valence-electron chi connectivity index (χ2n) is 7.90. The molecule has 4 heterocycles. The van der Waals surface area contributed by atoms with Gasteiger partial charge in [0.15, 0.2) is 0 Å². The number of amides is 1. The molecule has 3 saturated heterocycles. The summed E-state index contributed by atoms with van der Waals surface area (Å²) in [5.74, 6) is 0.379. The van der Waals surface area contributed by atoms with Gasteiger partial charge in [0.05, 0.1) is 24.8 Å². The minimum absolute atomic E-state index is 0.0530. The van der Waals surface area contributed by atoms with Gasteiger partial charge in [-0.3, -0.25) is 14.7 Å². The number of ether oxygens (including phenoxy) is 2. The fourth-order valence-corrected chi connectivity index (χ4v) is 4.74. The molecule has 0 N–H and O–H groups in total. The summed E-state index contributed by atoms with van der Waals surface area (Å²) in [6.07, 6.45) is 1.96. The predicted molar refractivity (Wildman–Crippen MR) is 97.6 cm³/mol. The van der Waals surface area contributed by atoms with Crippen LogP contribution in [-0.2, 0) is 20.8 Å². The topological polar surface area (TPSA) is 54.9 Å². The monoisotopic (exact) mass is 359 g/mol. The van der Waals surface area contributed by atoms with E-state index >= 15 is 0 Å². The molecule has 4 rings (SSSR count). The number of likely N-dealkylation sites (tertiary alicyclic amines) is 1. The SMILES string of the molecule is Cc1cccc(CN2CC(C(=O)N3CCOCC3)C3(CCOCC3)C2)n1. The van der Waals surface area contributed by atoms with Crippen LogP contribution in [0.3, 0.4) is 0 Å². The predicted octanol–water partition coefficient (Wildman–Crippen LogP) is 1.48. The summed E-state index contributed by atoms with van der Waals surface area (Å²) in [7, 11) is 0. The molecule has 1 unspecified atom stereocenters. The summed E-state index contributed by atoms with van der Waals surface area (Å²) in [5, 5.41) is 0. The molecule has 0 bridgehead atoms. The standard InChI is InChI=1S/C20H29N3O3/c1-16-3-2-4-17(21-16)13-22-14-18(19(24)23-7-11-26-12-8-23)20(15-22)5-9-25-10-6-20/h2-4,18H,5-15H2,1H3. The highest BCUT2D eigenvalue weighted by atomic mass is 16.5. The average Bonchev–Trinajstić information content (AvgIpc) is 2.99. The number of carbonyl (C=O) groups is 1. The molecule has 1 aromatic heterocycles. The van der Waals surface area contributed by atoms with Gasteiger partial charge in [-0.2, -0.15) is 0 Å². The van der Waals surface area contributed by atoms with Gasteiger partial charge in [-0.1, -0.05) is 6.07 Å². The first kappa shape index (κ1) is 17.9. The first-order valence-corrected chi connectivity index (χ1v) is 9.75. The van der Waals surface area contributed by atoms with Crippen LogP contribution in [0.5, 0.6) is 0 Å². The molecule has 3 aliphatic rings. The zero-order valence-electron chi connectivity index (χ0n) is 15.7. The maximum atomic E-state index is 13.3. The largest absolute Gasteiger partial charge is 0.381 e. The minimum atomic E-state index is 0.0530. The van der Waals surface area contributed by atoms with Crippen molar-refractivity contribution >= 4 is 5.91 Å². The molecule has 142 valence electrons. The number of hydrogen-bond donors (Lipinski definition) is 0. The number of rotatable bonds is 3. The van der Waals surface area contributed by atoms with Gasteiger partial charge >= 0.3 is 0 Å². The first-order chi connectivity index (χ1) is 12.7. The Morgan fingerprint density at radius 2 is 1.92 bits per heavy atom. The van der Waals surface area contributed by atoms with Crippen molar-refractivity contribution in [2.45, 2.75) is 26.3 Å². The summed E-state index contributed by atoms with van der Waals surface area (Å²) in [6.45, 7) is 8.93. The van der Waals surface area contributed by atoms with Crippen LogP contribution >= 0.6 is 0 Å². The maximum Gasteiger partial charge on any atom is 0.227 e. The third kappa shape index (κ3) is 3.63. The number of aromatic nitrogens is 1. The van der Waals surface area contributed by atoms with Crippen molar-refractivity contribution in [3.8, 4) is 0 Å². The number of aryl methyl sites for hydroxylation is 1. The second kappa shape index (κ2) is 7.62. The smallest absolute Gasteiger partial charge is 0.227 e. The zero-order valence-corrected chi connectivity index (χ0v) is 15.7. The highest BCUT2D eigenvalue weighted by Gasteiger charge is 2.51. The van der Waals surface area contributed by atoms with E-state index in [0.717, 1.165) is 70.2 Å². The van der Waals surface area contributed by atoms with E-state index in [1.165, 1.54) is 0 Å². The molecule has 1 spiro atoms. The second-order valence-corrected chi connectivity index (χ2v) is 7.90. The molecule has 3 aliphatic heterocycles. The number of morpholine rings is 1. The Bertz CT molecular complexity index is 639. The minimum Gasteiger partial charge on any atom is -0.381 e. The van der Waals surface area contributed by atoms with Gasteiger partial charge in [0.25, 0.3) is 0 Å². The molecule has 1 atom stereocenters. The van der Waals surface area contributed by atoms with Gasteiger partial charge < -0.3 is 14.4 Å². The van der Waals surface area contributed by atoms with E-state index in [4.69, 9.17) is 9.47 Å². The summed E-state index contributed by atoms with van der Waals surface area (Å²) < 4.78 is 11.1. The molecular weight excluding hydrogens is 330 g/mol. The maximum absolute atomic E-state index is 13.3. The van der Waals surface area contributed by atoms with E-state index in [9.17, 15) is 4.79 Å². The summed E-state index contributed by atoms with van der Waals surface area (Å²) in [6, 6.07) is 6.17. The highest BCUT2D eigenvalue weighted by Crippen LogP contribution is 2.45. The Labute approximate surface area is 155 Å². The van der Waals surface area contributed by atoms with Gasteiger partial charge in [-0.15, -0.1) is 0 Å². The lowest BCUT2D eigenvalue weighted by atomic mass is 9.71. The van der Waals surface area contributed by atoms with Crippen LogP contribution in [0.25, 0.3) is 0 Å². The van der Waals surface area contributed by atoms with E-state index in [0.29, 0.717) is 19.1 Å². The van der Waals surface area contributed by atoms with Crippen molar-refractivity contribution in [3.05, 3.63) is 29.6 Å². The summed E-state index contributed by atoms with van der Waals surface area (Å²) in [5.41, 5.74) is 2.19. The van der Waals surface area contributed by atoms with Crippen molar-refractivity contribution in [3.63, 3.8) is 0 Å². The van der Waals surface area contributed by atoms with Crippen molar-refractivity contribution in [1.29, 1.82) is 0 Å². The van der Waals surface area contributed by atoms with E-state index in [1.807, 2.05) is 17.9 Å². The van der Waals surface area contributed by atoms with Crippen LogP contribution in [0.2, 0.25) is 0 Å². The van der Waals surface area contributed by atoms with E-state index in [-0.39, 0.29) is 11.3 Å². The van der Waals surface area contributed by atoms with Gasteiger partial charge in [0.1, 0.15) is 0 Å². The molecule has 6 heteroatoms. The molecule has 1 amide bonds. The van der Waals surface area contributed by atoms with Crippen molar-refractivity contribution in [2.75, 3.05) is 52.6 Å². The van der Waals surface area contributed by atoms with Crippen molar-refractivity contribution in [1.82, 2.24) is 14.8 Å². The molecule has 3 fully saturated rings. The number of pyridine rings is 1. The first-order valence-electron chi connectivity index (χ1n) is 9.75. The van der Waals surface area contributed by atoms with Crippen molar-refractivity contribution < 1.29 is 14.3 Å². The molecule has 0 aliphatic carbocycles. The average molecular weight is 359 g/mol. The number of carbonyl (C=O) groups excluding carboxylic acids is 1. The third-order valence-corrected chi connectivity index (χ3v) is 6.16. The van der Waals surface area contributed by atoms with Crippen LogP contribution in [0.1, 0.15) is 24.2 Å². The number of nitrogens with zero attached hydrogens (tertiary/aromatic N) is 3. The quantitative estimate of drug-likeness (QED) is 0.818. The van der Waals surface area contributed by atoms with Gasteiger partial charge in [0.2, 0.25) is 5.91 Å². The Kier molecular flexibility index (Phi) is 5.25. The zero-order chi connectivity index (χ0) is 18.0. The van der Waals surface area contributed by atoms with Crippen LogP contribution < -0.4 is 0 Å². The molecule has 0 saturated carbocycles. The van der Waals surface area contributed by atoms with Gasteiger partial charge in [0, 0.05) is 57.0 Å². The summed E-state index contributed by atoms with van der Waals surface area (Å²) in [4.78, 5) is 22.4. The Morgan fingerprint density at radius 1 is 1.19 bits per heavy atom. The molecule has 26 heavy (non-hydrogen) atoms. The lowest BCUT2D eigenvalue weighted by Crippen LogP contribution is -2.49. The van der Waals surface area contributed by atoms with Gasteiger partial charge in [-0.25, -0.2) is 0 Å². The Morgan fingerprint density at radius 3 is 2.65 bits per heavy atom.